The number of pyridine rings is 1. The summed E-state index contributed by atoms with van der Waals surface area (Å²) in [4.78, 5) is 0. The summed E-state index contributed by atoms with van der Waals surface area (Å²) in [5.41, 5.74) is 3.81. The molecular formula is C26H40N+. The van der Waals surface area contributed by atoms with E-state index < -0.39 is 18.6 Å². The summed E-state index contributed by atoms with van der Waals surface area (Å²) in [5, 5.41) is 0. The van der Waals surface area contributed by atoms with E-state index in [1.165, 1.54) is 0 Å². The van der Waals surface area contributed by atoms with E-state index >= 15 is 0 Å². The number of hydrogen-bond acceptors (Lipinski definition) is 0. The van der Waals surface area contributed by atoms with Gasteiger partial charge in [-0.2, -0.15) is 0 Å². The van der Waals surface area contributed by atoms with Crippen LogP contribution in [0.2, 0.25) is 0 Å². The summed E-state index contributed by atoms with van der Waals surface area (Å²) >= 11 is 0. The zero-order valence-corrected chi connectivity index (χ0v) is 18.8. The summed E-state index contributed by atoms with van der Waals surface area (Å²) < 4.78 is 43.2. The van der Waals surface area contributed by atoms with Crippen LogP contribution in [-0.2, 0) is 18.8 Å². The minimum Gasteiger partial charge on any atom is -0.201 e. The normalized spacial score (nSPS) is 16.9. The Balaban J connectivity index is 2.90. The fraction of sp³-hybridized carbons (Fsp3) is 0.577. The van der Waals surface area contributed by atoms with Crippen molar-refractivity contribution >= 4 is 0 Å². The predicted molar refractivity (Wildman–Crippen MR) is 118 cm³/mol. The van der Waals surface area contributed by atoms with Gasteiger partial charge in [0, 0.05) is 24.0 Å². The summed E-state index contributed by atoms with van der Waals surface area (Å²) in [6.45, 7) is 16.5. The van der Waals surface area contributed by atoms with Crippen molar-refractivity contribution in [2.45, 2.75) is 81.0 Å². The number of hydrogen-bond donors (Lipinski definition) is 0. The third kappa shape index (κ3) is 4.62. The molecule has 0 N–H and O–H groups in total. The quantitative estimate of drug-likeness (QED) is 0.528. The second kappa shape index (κ2) is 7.08. The van der Waals surface area contributed by atoms with Crippen LogP contribution in [0.15, 0.2) is 30.5 Å². The molecule has 1 aromatic heterocycles. The molecule has 1 aromatic carbocycles. The van der Waals surface area contributed by atoms with Gasteiger partial charge in [-0.3, -0.25) is 0 Å². The Bertz CT molecular complexity index is 1000. The predicted octanol–water partition coefficient (Wildman–Crippen LogP) is 6.71. The smallest absolute Gasteiger partial charge is 0.201 e. The number of rotatable bonds is 3. The average Bonchev–Trinajstić information content (AvgIpc) is 2.58. The lowest BCUT2D eigenvalue weighted by Crippen LogP contribution is -2.39. The molecule has 0 bridgehead atoms. The molecule has 2 rings (SSSR count). The number of benzene rings is 1. The first-order valence-electron chi connectivity index (χ1n) is 12.3. The molecule has 2 aromatic rings. The number of nitrogens with zero attached hydrogens (tertiary/aromatic N) is 1. The maximum absolute atomic E-state index is 9.05. The molecule has 0 saturated carbocycles. The van der Waals surface area contributed by atoms with Crippen LogP contribution < -0.4 is 4.57 Å². The topological polar surface area (TPSA) is 3.88 Å². The standard InChI is InChI=1S/C26H40N/c1-18-12-13-21(19(2)14-18)23-15-22(26(9,10)25(6,7)8)20(17-27(23)11)16-24(3,4)5/h12-15,17H,16H2,1-11H3/q+1/i1D3,16D2. The first kappa shape index (κ1) is 15.3. The molecule has 0 fully saturated rings. The second-order valence-corrected chi connectivity index (χ2v) is 10.4. The molecule has 148 valence electrons. The summed E-state index contributed by atoms with van der Waals surface area (Å²) in [6.07, 6.45) is 0.391. The van der Waals surface area contributed by atoms with Crippen LogP contribution in [0, 0.1) is 24.6 Å². The lowest BCUT2D eigenvalue weighted by molar-refractivity contribution is -0.661. The molecule has 0 aliphatic rings. The van der Waals surface area contributed by atoms with Crippen molar-refractivity contribution in [1.82, 2.24) is 0 Å². The van der Waals surface area contributed by atoms with Crippen LogP contribution >= 0.6 is 0 Å². The van der Waals surface area contributed by atoms with E-state index in [2.05, 4.69) is 40.7 Å². The molecule has 1 nitrogen and oxygen atoms in total. The highest BCUT2D eigenvalue weighted by atomic mass is 14.9. The zero-order chi connectivity index (χ0) is 25.1. The molecule has 0 amide bonds. The van der Waals surface area contributed by atoms with Crippen LogP contribution in [0.3, 0.4) is 0 Å². The van der Waals surface area contributed by atoms with Gasteiger partial charge in [0.15, 0.2) is 6.20 Å². The zero-order valence-electron chi connectivity index (χ0n) is 23.8. The summed E-state index contributed by atoms with van der Waals surface area (Å²) in [7, 11) is 1.93. The van der Waals surface area contributed by atoms with Gasteiger partial charge in [-0.25, -0.2) is 4.57 Å². The van der Waals surface area contributed by atoms with E-state index in [9.17, 15) is 0 Å². The van der Waals surface area contributed by atoms with Crippen LogP contribution in [0.5, 0.6) is 0 Å². The van der Waals surface area contributed by atoms with Crippen molar-refractivity contribution < 1.29 is 11.4 Å². The van der Waals surface area contributed by atoms with Gasteiger partial charge in [0.05, 0.1) is 0 Å². The van der Waals surface area contributed by atoms with E-state index in [0.29, 0.717) is 11.1 Å². The summed E-state index contributed by atoms with van der Waals surface area (Å²) in [5.74, 6) is 0. The molecule has 0 radical (unpaired) electrons. The van der Waals surface area contributed by atoms with Gasteiger partial charge in [-0.1, -0.05) is 73.1 Å². The molecule has 0 saturated heterocycles. The van der Waals surface area contributed by atoms with Gasteiger partial charge < -0.3 is 0 Å². The van der Waals surface area contributed by atoms with E-state index in [4.69, 9.17) is 6.85 Å². The molecule has 27 heavy (non-hydrogen) atoms. The minimum atomic E-state index is -2.14. The Morgan fingerprint density at radius 3 is 2.11 bits per heavy atom. The fourth-order valence-electron chi connectivity index (χ4n) is 3.29. The van der Waals surface area contributed by atoms with E-state index in [1.54, 1.807) is 12.1 Å². The van der Waals surface area contributed by atoms with Gasteiger partial charge in [0.25, 0.3) is 0 Å². The van der Waals surface area contributed by atoms with Gasteiger partial charge in [-0.05, 0) is 53.6 Å². The van der Waals surface area contributed by atoms with Gasteiger partial charge in [0.1, 0.15) is 7.05 Å². The first-order valence-corrected chi connectivity index (χ1v) is 9.78. The summed E-state index contributed by atoms with van der Waals surface area (Å²) in [6, 6.07) is 7.39. The lowest BCUT2D eigenvalue weighted by Gasteiger charge is -2.41. The first-order chi connectivity index (χ1) is 14.1. The van der Waals surface area contributed by atoms with Crippen molar-refractivity contribution in [1.29, 1.82) is 0 Å². The Morgan fingerprint density at radius 1 is 1.00 bits per heavy atom. The molecule has 0 aliphatic heterocycles. The monoisotopic (exact) mass is 371 g/mol. The van der Waals surface area contributed by atoms with Crippen molar-refractivity contribution in [3.05, 3.63) is 52.7 Å². The molecule has 0 atom stereocenters. The number of aromatic nitrogens is 1. The van der Waals surface area contributed by atoms with Crippen molar-refractivity contribution in [2.75, 3.05) is 0 Å². The Hall–Kier alpha value is -1.63. The highest BCUT2D eigenvalue weighted by Crippen LogP contribution is 2.44. The van der Waals surface area contributed by atoms with Crippen molar-refractivity contribution in [2.24, 2.45) is 17.9 Å². The Kier molecular flexibility index (Phi) is 4.01. The van der Waals surface area contributed by atoms with Gasteiger partial charge in [-0.15, -0.1) is 0 Å². The van der Waals surface area contributed by atoms with E-state index in [1.807, 2.05) is 51.6 Å². The molecule has 0 unspecified atom stereocenters. The maximum Gasteiger partial charge on any atom is 0.212 e. The molecule has 0 spiro atoms. The van der Waals surface area contributed by atoms with Crippen LogP contribution in [0.1, 0.15) is 84.5 Å². The van der Waals surface area contributed by atoms with Crippen molar-refractivity contribution in [3.8, 4) is 11.3 Å². The average molecular weight is 372 g/mol. The van der Waals surface area contributed by atoms with Gasteiger partial charge >= 0.3 is 0 Å². The fourth-order valence-corrected chi connectivity index (χ4v) is 3.29. The van der Waals surface area contributed by atoms with E-state index in [-0.39, 0.29) is 10.8 Å². The van der Waals surface area contributed by atoms with Crippen LogP contribution in [0.25, 0.3) is 11.3 Å². The molecule has 1 heteroatoms. The van der Waals surface area contributed by atoms with Gasteiger partial charge in [0.2, 0.25) is 5.69 Å². The largest absolute Gasteiger partial charge is 0.212 e. The maximum atomic E-state index is 9.05. The minimum absolute atomic E-state index is 0.104. The second-order valence-electron chi connectivity index (χ2n) is 10.4. The molecule has 1 heterocycles. The highest BCUT2D eigenvalue weighted by Gasteiger charge is 2.38. The lowest BCUT2D eigenvalue weighted by atomic mass is 9.63. The number of aryl methyl sites for hydroxylation is 3. The third-order valence-electron chi connectivity index (χ3n) is 5.83. The van der Waals surface area contributed by atoms with Crippen LogP contribution in [-0.4, -0.2) is 0 Å². The molecular weight excluding hydrogens is 326 g/mol. The third-order valence-corrected chi connectivity index (χ3v) is 5.83. The molecule has 0 aliphatic carbocycles. The Labute approximate surface area is 174 Å². The van der Waals surface area contributed by atoms with E-state index in [0.717, 1.165) is 22.4 Å². The SMILES string of the molecule is [2H]C([2H])([2H])c1ccc(-c2cc(C(C)(C)C(C)(C)C)c(C([2H])([2H])C(C)(C)C)c[n+]2C)c(C)c1. The van der Waals surface area contributed by atoms with Crippen molar-refractivity contribution in [3.63, 3.8) is 0 Å². The highest BCUT2D eigenvalue weighted by molar-refractivity contribution is 5.63. The Morgan fingerprint density at radius 2 is 1.63 bits per heavy atom. The van der Waals surface area contributed by atoms with Crippen LogP contribution in [0.4, 0.5) is 0 Å².